The van der Waals surface area contributed by atoms with Crippen molar-refractivity contribution in [3.63, 3.8) is 0 Å². The number of rotatable bonds is 4. The Labute approximate surface area is 124 Å². The molecule has 1 atom stereocenters. The van der Waals surface area contributed by atoms with Gasteiger partial charge in [-0.3, -0.25) is 0 Å². The minimum Gasteiger partial charge on any atom is -0.388 e. The molecule has 0 amide bonds. The van der Waals surface area contributed by atoms with Gasteiger partial charge < -0.3 is 5.11 Å². The highest BCUT2D eigenvalue weighted by atomic mass is 16.3. The highest BCUT2D eigenvalue weighted by molar-refractivity contribution is 5.44. The maximum absolute atomic E-state index is 10.4. The van der Waals surface area contributed by atoms with Crippen LogP contribution in [0.2, 0.25) is 0 Å². The van der Waals surface area contributed by atoms with E-state index >= 15 is 0 Å². The van der Waals surface area contributed by atoms with Gasteiger partial charge in [0.05, 0.1) is 6.10 Å². The lowest BCUT2D eigenvalue weighted by Gasteiger charge is -2.42. The van der Waals surface area contributed by atoms with E-state index in [1.807, 2.05) is 0 Å². The maximum Gasteiger partial charge on any atom is 0.0790 e. The molecular weight excluding hydrogens is 244 g/mol. The Morgan fingerprint density at radius 1 is 1.05 bits per heavy atom. The smallest absolute Gasteiger partial charge is 0.0790 e. The van der Waals surface area contributed by atoms with Crippen LogP contribution < -0.4 is 0 Å². The van der Waals surface area contributed by atoms with Gasteiger partial charge in [-0.2, -0.15) is 0 Å². The van der Waals surface area contributed by atoms with Gasteiger partial charge in [-0.15, -0.1) is 0 Å². The number of aliphatic hydroxyl groups excluding tert-OH is 1. The predicted octanol–water partition coefficient (Wildman–Crippen LogP) is 5.26. The Kier molecular flexibility index (Phi) is 4.30. The van der Waals surface area contributed by atoms with Crippen LogP contribution in [-0.2, 0) is 10.8 Å². The molecular formula is C19H30O. The number of benzene rings is 1. The maximum atomic E-state index is 10.4. The summed E-state index contributed by atoms with van der Waals surface area (Å²) in [6.07, 6.45) is 5.26. The average molecular weight is 274 g/mol. The minimum atomic E-state index is -0.305. The van der Waals surface area contributed by atoms with Crippen LogP contribution in [0.1, 0.15) is 89.5 Å². The van der Waals surface area contributed by atoms with Gasteiger partial charge in [-0.1, -0.05) is 65.7 Å². The fourth-order valence-corrected chi connectivity index (χ4v) is 3.38. The fourth-order valence-electron chi connectivity index (χ4n) is 3.38. The van der Waals surface area contributed by atoms with Crippen molar-refractivity contribution >= 4 is 0 Å². The van der Waals surface area contributed by atoms with E-state index in [-0.39, 0.29) is 16.9 Å². The third kappa shape index (κ3) is 2.93. The zero-order valence-electron chi connectivity index (χ0n) is 13.8. The topological polar surface area (TPSA) is 20.2 Å². The number of fused-ring (bicyclic) bond motifs is 1. The van der Waals surface area contributed by atoms with E-state index in [0.717, 1.165) is 24.8 Å². The zero-order chi connectivity index (χ0) is 15.0. The third-order valence-corrected chi connectivity index (χ3v) is 5.09. The molecule has 1 aromatic rings. The number of unbranched alkanes of at least 4 members (excludes halogenated alkanes) is 1. The summed E-state index contributed by atoms with van der Waals surface area (Å²) in [4.78, 5) is 0. The van der Waals surface area contributed by atoms with Crippen LogP contribution in [0, 0.1) is 0 Å². The molecule has 0 spiro atoms. The molecule has 0 saturated heterocycles. The normalized spacial score (nSPS) is 21.3. The second kappa shape index (κ2) is 5.52. The molecule has 1 nitrogen and oxygen atoms in total. The lowest BCUT2D eigenvalue weighted by molar-refractivity contribution is 0.164. The van der Waals surface area contributed by atoms with Crippen LogP contribution in [0.4, 0.5) is 0 Å². The molecule has 1 N–H and O–H groups in total. The molecule has 1 aliphatic rings. The first-order valence-corrected chi connectivity index (χ1v) is 8.11. The Hall–Kier alpha value is -0.820. The van der Waals surface area contributed by atoms with E-state index in [9.17, 15) is 5.11 Å². The molecule has 0 aliphatic heterocycles. The van der Waals surface area contributed by atoms with Gasteiger partial charge in [0, 0.05) is 0 Å². The Balaban J connectivity index is 2.38. The van der Waals surface area contributed by atoms with Crippen LogP contribution in [-0.4, -0.2) is 5.11 Å². The van der Waals surface area contributed by atoms with Gasteiger partial charge in [-0.25, -0.2) is 0 Å². The molecule has 0 bridgehead atoms. The highest BCUT2D eigenvalue weighted by Gasteiger charge is 2.37. The SMILES string of the molecule is CCCCC(O)c1ccc2c(c1)C(C)(C)CCC2(C)C. The second-order valence-corrected chi connectivity index (χ2v) is 7.73. The van der Waals surface area contributed by atoms with Gasteiger partial charge in [-0.05, 0) is 46.8 Å². The van der Waals surface area contributed by atoms with Crippen molar-refractivity contribution in [2.45, 2.75) is 83.7 Å². The molecule has 1 unspecified atom stereocenters. The Morgan fingerprint density at radius 2 is 1.65 bits per heavy atom. The second-order valence-electron chi connectivity index (χ2n) is 7.73. The van der Waals surface area contributed by atoms with Gasteiger partial charge in [0.2, 0.25) is 0 Å². The van der Waals surface area contributed by atoms with Gasteiger partial charge in [0.1, 0.15) is 0 Å². The summed E-state index contributed by atoms with van der Waals surface area (Å²) in [7, 11) is 0. The van der Waals surface area contributed by atoms with E-state index in [4.69, 9.17) is 0 Å². The van der Waals surface area contributed by atoms with E-state index < -0.39 is 0 Å². The summed E-state index contributed by atoms with van der Waals surface area (Å²) in [6.45, 7) is 11.5. The quantitative estimate of drug-likeness (QED) is 0.794. The molecule has 1 aromatic carbocycles. The Morgan fingerprint density at radius 3 is 2.25 bits per heavy atom. The van der Waals surface area contributed by atoms with Crippen LogP contribution >= 0.6 is 0 Å². The molecule has 112 valence electrons. The van der Waals surface area contributed by atoms with Gasteiger partial charge in [0.15, 0.2) is 0 Å². The van der Waals surface area contributed by atoms with Crippen molar-refractivity contribution in [1.29, 1.82) is 0 Å². The summed E-state index contributed by atoms with van der Waals surface area (Å²) < 4.78 is 0. The summed E-state index contributed by atoms with van der Waals surface area (Å²) in [5.41, 5.74) is 4.51. The van der Waals surface area contributed by atoms with Crippen molar-refractivity contribution in [2.24, 2.45) is 0 Å². The summed E-state index contributed by atoms with van der Waals surface area (Å²) in [5, 5.41) is 10.4. The average Bonchev–Trinajstić information content (AvgIpc) is 2.41. The monoisotopic (exact) mass is 274 g/mol. The van der Waals surface area contributed by atoms with Crippen LogP contribution in [0.25, 0.3) is 0 Å². The standard InChI is InChI=1S/C19H30O/c1-6-7-8-17(20)14-9-10-15-16(13-14)19(4,5)12-11-18(15,2)3/h9-10,13,17,20H,6-8,11-12H2,1-5H3. The van der Waals surface area contributed by atoms with Gasteiger partial charge >= 0.3 is 0 Å². The first kappa shape index (κ1) is 15.6. The lowest BCUT2D eigenvalue weighted by atomic mass is 9.63. The predicted molar refractivity (Wildman–Crippen MR) is 86.2 cm³/mol. The zero-order valence-corrected chi connectivity index (χ0v) is 13.8. The molecule has 2 rings (SSSR count). The first-order valence-electron chi connectivity index (χ1n) is 8.11. The molecule has 1 aliphatic carbocycles. The third-order valence-electron chi connectivity index (χ3n) is 5.09. The van der Waals surface area contributed by atoms with E-state index in [0.29, 0.717) is 0 Å². The summed E-state index contributed by atoms with van der Waals surface area (Å²) in [6, 6.07) is 6.68. The molecule has 0 saturated carbocycles. The lowest BCUT2D eigenvalue weighted by Crippen LogP contribution is -2.34. The van der Waals surface area contributed by atoms with E-state index in [1.54, 1.807) is 0 Å². The molecule has 0 radical (unpaired) electrons. The molecule has 0 heterocycles. The minimum absolute atomic E-state index is 0.228. The van der Waals surface area contributed by atoms with Crippen molar-refractivity contribution < 1.29 is 5.11 Å². The summed E-state index contributed by atoms with van der Waals surface area (Å²) >= 11 is 0. The number of hydrogen-bond donors (Lipinski definition) is 1. The van der Waals surface area contributed by atoms with Crippen molar-refractivity contribution in [3.8, 4) is 0 Å². The van der Waals surface area contributed by atoms with Crippen LogP contribution in [0.15, 0.2) is 18.2 Å². The van der Waals surface area contributed by atoms with E-state index in [2.05, 4.69) is 52.8 Å². The number of hydrogen-bond acceptors (Lipinski definition) is 1. The fraction of sp³-hybridized carbons (Fsp3) is 0.684. The number of aliphatic hydroxyl groups is 1. The summed E-state index contributed by atoms with van der Waals surface area (Å²) in [5.74, 6) is 0. The molecule has 0 aromatic heterocycles. The van der Waals surface area contributed by atoms with Crippen molar-refractivity contribution in [3.05, 3.63) is 34.9 Å². The largest absolute Gasteiger partial charge is 0.388 e. The molecule has 0 fully saturated rings. The highest BCUT2D eigenvalue weighted by Crippen LogP contribution is 2.46. The molecule has 20 heavy (non-hydrogen) atoms. The van der Waals surface area contributed by atoms with Crippen LogP contribution in [0.3, 0.4) is 0 Å². The van der Waals surface area contributed by atoms with Gasteiger partial charge in [0.25, 0.3) is 0 Å². The Bertz CT molecular complexity index is 471. The molecule has 1 heteroatoms. The van der Waals surface area contributed by atoms with Crippen LogP contribution in [0.5, 0.6) is 0 Å². The first-order chi connectivity index (χ1) is 9.28. The van der Waals surface area contributed by atoms with E-state index in [1.165, 1.54) is 24.0 Å². The van der Waals surface area contributed by atoms with Crippen molar-refractivity contribution in [2.75, 3.05) is 0 Å². The van der Waals surface area contributed by atoms with Crippen molar-refractivity contribution in [1.82, 2.24) is 0 Å².